The van der Waals surface area contributed by atoms with Gasteiger partial charge in [0.05, 0.1) is 6.20 Å². The fraction of sp³-hybridized carbons (Fsp3) is 0.143. The van der Waals surface area contributed by atoms with Crippen LogP contribution in [-0.4, -0.2) is 16.6 Å². The van der Waals surface area contributed by atoms with Crippen molar-refractivity contribution in [1.29, 1.82) is 0 Å². The molecular weight excluding hydrogens is 144 g/mol. The number of aromatic nitrogens is 2. The van der Waals surface area contributed by atoms with E-state index in [9.17, 15) is 4.79 Å². The molecule has 0 fully saturated rings. The molecule has 0 N–H and O–H groups in total. The maximum absolute atomic E-state index is 10.9. The minimum absolute atomic E-state index is 0.275. The predicted molar refractivity (Wildman–Crippen MR) is 40.1 cm³/mol. The van der Waals surface area contributed by atoms with Gasteiger partial charge in [-0.15, -0.1) is 5.10 Å². The lowest BCUT2D eigenvalue weighted by atomic mass is 10.6. The van der Waals surface area contributed by atoms with Crippen LogP contribution in [0.5, 0.6) is 0 Å². The van der Waals surface area contributed by atoms with Crippen molar-refractivity contribution < 1.29 is 4.84 Å². The summed E-state index contributed by atoms with van der Waals surface area (Å²) in [5.41, 5.74) is -0.283. The molecule has 0 saturated carbocycles. The highest BCUT2D eigenvalue weighted by Gasteiger charge is 1.91. The van der Waals surface area contributed by atoms with Gasteiger partial charge in [-0.1, -0.05) is 17.5 Å². The van der Waals surface area contributed by atoms with Gasteiger partial charge in [-0.3, -0.25) is 4.79 Å². The van der Waals surface area contributed by atoms with Crippen LogP contribution in [0.25, 0.3) is 0 Å². The average molecular weight is 152 g/mol. The molecule has 11 heavy (non-hydrogen) atoms. The van der Waals surface area contributed by atoms with Gasteiger partial charge in [-0.2, -0.15) is 0 Å². The molecule has 4 heteroatoms. The summed E-state index contributed by atoms with van der Waals surface area (Å²) >= 11 is 0. The van der Waals surface area contributed by atoms with E-state index in [1.54, 1.807) is 12.1 Å². The largest absolute Gasteiger partial charge is 0.389 e. The Kier molecular flexibility index (Phi) is 2.43. The smallest absolute Gasteiger partial charge is 0.303 e. The third-order valence-corrected chi connectivity index (χ3v) is 1.000. The molecule has 0 radical (unpaired) electrons. The van der Waals surface area contributed by atoms with Gasteiger partial charge >= 0.3 is 5.56 Å². The summed E-state index contributed by atoms with van der Waals surface area (Å²) in [6.45, 7) is 3.71. The Morgan fingerprint density at radius 3 is 3.27 bits per heavy atom. The molecule has 58 valence electrons. The summed E-state index contributed by atoms with van der Waals surface area (Å²) in [7, 11) is 0. The molecular formula is C7H8N2O2. The zero-order valence-electron chi connectivity index (χ0n) is 5.93. The molecule has 1 rings (SSSR count). The highest BCUT2D eigenvalue weighted by atomic mass is 16.7. The molecule has 0 unspecified atom stereocenters. The molecule has 0 spiro atoms. The first-order valence-corrected chi connectivity index (χ1v) is 3.13. The molecule has 0 amide bonds. The number of nitrogens with zero attached hydrogens (tertiary/aromatic N) is 2. The molecule has 0 aromatic carbocycles. The summed E-state index contributed by atoms with van der Waals surface area (Å²) in [6, 6.07) is 2.92. The van der Waals surface area contributed by atoms with Gasteiger partial charge in [-0.05, 0) is 6.07 Å². The van der Waals surface area contributed by atoms with Crippen LogP contribution in [0, 0.1) is 0 Å². The summed E-state index contributed by atoms with van der Waals surface area (Å²) in [6.07, 6.45) is 3.02. The first kappa shape index (κ1) is 7.53. The van der Waals surface area contributed by atoms with E-state index in [0.29, 0.717) is 0 Å². The highest BCUT2D eigenvalue weighted by molar-refractivity contribution is 4.83. The summed E-state index contributed by atoms with van der Waals surface area (Å²) < 4.78 is 0. The van der Waals surface area contributed by atoms with E-state index in [-0.39, 0.29) is 12.2 Å². The van der Waals surface area contributed by atoms with E-state index in [4.69, 9.17) is 4.84 Å². The van der Waals surface area contributed by atoms with Crippen molar-refractivity contribution in [2.24, 2.45) is 0 Å². The van der Waals surface area contributed by atoms with Crippen molar-refractivity contribution >= 4 is 0 Å². The van der Waals surface area contributed by atoms with E-state index < -0.39 is 0 Å². The molecule has 0 atom stereocenters. The molecule has 0 saturated heterocycles. The average Bonchev–Trinajstić information content (AvgIpc) is 2.03. The molecule has 0 bridgehead atoms. The first-order valence-electron chi connectivity index (χ1n) is 3.13. The van der Waals surface area contributed by atoms with Crippen molar-refractivity contribution in [2.75, 3.05) is 6.61 Å². The zero-order valence-corrected chi connectivity index (χ0v) is 5.93. The fourth-order valence-corrected chi connectivity index (χ4v) is 0.565. The summed E-state index contributed by atoms with van der Waals surface area (Å²) in [5.74, 6) is 0. The summed E-state index contributed by atoms with van der Waals surface area (Å²) in [4.78, 5) is 16.6. The minimum atomic E-state index is -0.283. The van der Waals surface area contributed by atoms with Crippen molar-refractivity contribution in [2.45, 2.75) is 0 Å². The minimum Gasteiger partial charge on any atom is -0.389 e. The van der Waals surface area contributed by atoms with Crippen LogP contribution in [0.3, 0.4) is 0 Å². The molecule has 0 aliphatic carbocycles. The number of hydrogen-bond donors (Lipinski definition) is 0. The quantitative estimate of drug-likeness (QED) is 0.566. The fourth-order valence-electron chi connectivity index (χ4n) is 0.565. The van der Waals surface area contributed by atoms with E-state index in [0.717, 1.165) is 4.85 Å². The maximum Gasteiger partial charge on any atom is 0.303 e. The third-order valence-electron chi connectivity index (χ3n) is 1.000. The van der Waals surface area contributed by atoms with Gasteiger partial charge in [0.25, 0.3) is 0 Å². The van der Waals surface area contributed by atoms with Crippen LogP contribution >= 0.6 is 0 Å². The maximum atomic E-state index is 10.9. The summed E-state index contributed by atoms with van der Waals surface area (Å²) in [5, 5.41) is 3.65. The van der Waals surface area contributed by atoms with Crippen molar-refractivity contribution in [3.63, 3.8) is 0 Å². The Bertz CT molecular complexity index is 292. The van der Waals surface area contributed by atoms with Crippen molar-refractivity contribution in [1.82, 2.24) is 9.94 Å². The SMILES string of the molecule is C=CCOn1ncccc1=O. The molecule has 1 heterocycles. The van der Waals surface area contributed by atoms with E-state index in [1.807, 2.05) is 0 Å². The highest BCUT2D eigenvalue weighted by Crippen LogP contribution is 1.71. The Labute approximate surface area is 63.7 Å². The van der Waals surface area contributed by atoms with Crippen LogP contribution < -0.4 is 10.4 Å². The van der Waals surface area contributed by atoms with E-state index in [2.05, 4.69) is 11.7 Å². The Balaban J connectivity index is 2.78. The molecule has 1 aromatic rings. The predicted octanol–water partition coefficient (Wildman–Crippen LogP) is -0.142. The van der Waals surface area contributed by atoms with Gasteiger partial charge < -0.3 is 4.84 Å². The van der Waals surface area contributed by atoms with Crippen LogP contribution in [0.15, 0.2) is 35.8 Å². The van der Waals surface area contributed by atoms with E-state index >= 15 is 0 Å². The second-order valence-electron chi connectivity index (χ2n) is 1.82. The molecule has 0 aliphatic heterocycles. The topological polar surface area (TPSA) is 44.1 Å². The van der Waals surface area contributed by atoms with Gasteiger partial charge in [0.1, 0.15) is 6.61 Å². The second kappa shape index (κ2) is 3.55. The second-order valence-corrected chi connectivity index (χ2v) is 1.82. The van der Waals surface area contributed by atoms with Gasteiger partial charge in [0.15, 0.2) is 0 Å². The first-order chi connectivity index (χ1) is 5.34. The molecule has 0 aliphatic rings. The lowest BCUT2D eigenvalue weighted by Gasteiger charge is -2.01. The van der Waals surface area contributed by atoms with Gasteiger partial charge in [0, 0.05) is 6.07 Å². The standard InChI is InChI=1S/C7H8N2O2/c1-2-6-11-9-7(10)4-3-5-8-9/h2-5H,1,6H2. The van der Waals surface area contributed by atoms with Crippen LogP contribution in [-0.2, 0) is 0 Å². The van der Waals surface area contributed by atoms with Crippen LogP contribution in [0.1, 0.15) is 0 Å². The third kappa shape index (κ3) is 1.93. The van der Waals surface area contributed by atoms with Crippen LogP contribution in [0.2, 0.25) is 0 Å². The number of rotatable bonds is 3. The number of hydrogen-bond acceptors (Lipinski definition) is 3. The Morgan fingerprint density at radius 2 is 2.64 bits per heavy atom. The van der Waals surface area contributed by atoms with Gasteiger partial charge in [-0.25, -0.2) is 0 Å². The van der Waals surface area contributed by atoms with Gasteiger partial charge in [0.2, 0.25) is 0 Å². The molecule has 1 aromatic heterocycles. The van der Waals surface area contributed by atoms with E-state index in [1.165, 1.54) is 12.3 Å². The normalized spacial score (nSPS) is 9.09. The lowest BCUT2D eigenvalue weighted by molar-refractivity contribution is 0.0928. The van der Waals surface area contributed by atoms with Crippen LogP contribution in [0.4, 0.5) is 0 Å². The van der Waals surface area contributed by atoms with Crippen molar-refractivity contribution in [3.05, 3.63) is 41.3 Å². The Morgan fingerprint density at radius 1 is 1.82 bits per heavy atom. The monoisotopic (exact) mass is 152 g/mol. The van der Waals surface area contributed by atoms with Crippen molar-refractivity contribution in [3.8, 4) is 0 Å². The molecule has 4 nitrogen and oxygen atoms in total. The Hall–Kier alpha value is -1.58. The zero-order chi connectivity index (χ0) is 8.10. The lowest BCUT2D eigenvalue weighted by Crippen LogP contribution is -2.28.